The average molecular weight is 352 g/mol. The topological polar surface area (TPSA) is 99.9 Å². The minimum Gasteiger partial charge on any atom is -0.396 e. The molecule has 26 heavy (non-hydrogen) atoms. The van der Waals surface area contributed by atoms with Crippen LogP contribution in [0, 0.1) is 5.92 Å². The van der Waals surface area contributed by atoms with Gasteiger partial charge in [-0.2, -0.15) is 10.2 Å². The van der Waals surface area contributed by atoms with Gasteiger partial charge in [-0.05, 0) is 17.7 Å². The number of carbonyl (C=O) groups is 1. The zero-order valence-corrected chi connectivity index (χ0v) is 14.4. The number of amides is 1. The second kappa shape index (κ2) is 6.72. The van der Waals surface area contributed by atoms with Crippen molar-refractivity contribution in [3.8, 4) is 11.4 Å². The number of aromatic nitrogens is 5. The van der Waals surface area contributed by atoms with Crippen LogP contribution in [0.15, 0.2) is 43.0 Å². The molecule has 1 aromatic carbocycles. The first kappa shape index (κ1) is 16.5. The number of benzene rings is 1. The Morgan fingerprint density at radius 3 is 2.73 bits per heavy atom. The molecule has 0 spiro atoms. The van der Waals surface area contributed by atoms with Crippen molar-refractivity contribution < 1.29 is 9.90 Å². The van der Waals surface area contributed by atoms with E-state index < -0.39 is 0 Å². The van der Waals surface area contributed by atoms with Gasteiger partial charge >= 0.3 is 0 Å². The van der Waals surface area contributed by atoms with E-state index >= 15 is 0 Å². The van der Waals surface area contributed by atoms with Gasteiger partial charge in [-0.1, -0.05) is 12.1 Å². The van der Waals surface area contributed by atoms with Gasteiger partial charge < -0.3 is 10.0 Å². The number of rotatable bonds is 4. The standard InChI is InChI=1S/C18H20N6O2/c1-23-7-14(6-21-23)16-9-24(8-15(16)10-25)18(26)13-4-2-12(3-5-13)17-19-11-20-22-17/h2-7,11,15-16,25H,8-10H2,1H3,(H,19,20,22)/t15-,16-/m0/s1. The summed E-state index contributed by atoms with van der Waals surface area (Å²) in [4.78, 5) is 18.8. The van der Waals surface area contributed by atoms with E-state index in [9.17, 15) is 9.90 Å². The molecule has 8 nitrogen and oxygen atoms in total. The Balaban J connectivity index is 1.51. The van der Waals surface area contributed by atoms with Crippen LogP contribution < -0.4 is 0 Å². The number of aromatic amines is 1. The van der Waals surface area contributed by atoms with Gasteiger partial charge in [0.05, 0.1) is 6.20 Å². The molecule has 134 valence electrons. The maximum Gasteiger partial charge on any atom is 0.253 e. The molecule has 0 bridgehead atoms. The highest BCUT2D eigenvalue weighted by atomic mass is 16.3. The maximum absolute atomic E-state index is 12.9. The van der Waals surface area contributed by atoms with Gasteiger partial charge in [0.2, 0.25) is 0 Å². The predicted molar refractivity (Wildman–Crippen MR) is 94.2 cm³/mol. The molecule has 2 atom stereocenters. The van der Waals surface area contributed by atoms with E-state index in [1.165, 1.54) is 6.33 Å². The van der Waals surface area contributed by atoms with Crippen LogP contribution in [0.1, 0.15) is 21.8 Å². The van der Waals surface area contributed by atoms with Gasteiger partial charge in [-0.25, -0.2) is 4.98 Å². The zero-order chi connectivity index (χ0) is 18.1. The van der Waals surface area contributed by atoms with Crippen LogP contribution in [0.5, 0.6) is 0 Å². The highest BCUT2D eigenvalue weighted by molar-refractivity contribution is 5.94. The monoisotopic (exact) mass is 352 g/mol. The van der Waals surface area contributed by atoms with Crippen molar-refractivity contribution in [1.29, 1.82) is 0 Å². The van der Waals surface area contributed by atoms with E-state index in [1.54, 1.807) is 16.8 Å². The van der Waals surface area contributed by atoms with Crippen molar-refractivity contribution in [1.82, 2.24) is 29.9 Å². The predicted octanol–water partition coefficient (Wildman–Crippen LogP) is 1.05. The smallest absolute Gasteiger partial charge is 0.253 e. The molecule has 2 aromatic heterocycles. The van der Waals surface area contributed by atoms with E-state index in [4.69, 9.17) is 0 Å². The highest BCUT2D eigenvalue weighted by Gasteiger charge is 2.36. The highest BCUT2D eigenvalue weighted by Crippen LogP contribution is 2.33. The maximum atomic E-state index is 12.9. The van der Waals surface area contributed by atoms with Crippen LogP contribution in [0.2, 0.25) is 0 Å². The number of hydrogen-bond acceptors (Lipinski definition) is 5. The third-order valence-electron chi connectivity index (χ3n) is 4.94. The summed E-state index contributed by atoms with van der Waals surface area (Å²) in [5, 5.41) is 20.6. The second-order valence-electron chi connectivity index (χ2n) is 6.62. The lowest BCUT2D eigenvalue weighted by molar-refractivity contribution is 0.0781. The number of aliphatic hydroxyl groups is 1. The molecule has 0 aliphatic carbocycles. The Bertz CT molecular complexity index is 887. The Kier molecular flexibility index (Phi) is 4.26. The number of H-pyrrole nitrogens is 1. The first-order valence-electron chi connectivity index (χ1n) is 8.50. The Labute approximate surface area is 150 Å². The molecule has 3 aromatic rings. The third kappa shape index (κ3) is 2.99. The number of aliphatic hydroxyl groups excluding tert-OH is 1. The van der Waals surface area contributed by atoms with Crippen molar-refractivity contribution >= 4 is 5.91 Å². The number of hydrogen-bond donors (Lipinski definition) is 2. The fourth-order valence-electron chi connectivity index (χ4n) is 3.53. The summed E-state index contributed by atoms with van der Waals surface area (Å²) >= 11 is 0. The Morgan fingerprint density at radius 2 is 2.12 bits per heavy atom. The minimum absolute atomic E-state index is 0.0246. The molecule has 1 amide bonds. The minimum atomic E-state index is -0.0287. The number of aryl methyl sites for hydroxylation is 1. The quantitative estimate of drug-likeness (QED) is 0.731. The van der Waals surface area contributed by atoms with Gasteiger partial charge in [-0.15, -0.1) is 0 Å². The van der Waals surface area contributed by atoms with E-state index in [0.29, 0.717) is 24.5 Å². The lowest BCUT2D eigenvalue weighted by Crippen LogP contribution is -2.29. The van der Waals surface area contributed by atoms with Gasteiger partial charge in [0.25, 0.3) is 5.91 Å². The normalized spacial score (nSPS) is 19.8. The first-order chi connectivity index (χ1) is 12.7. The summed E-state index contributed by atoms with van der Waals surface area (Å²) in [6.45, 7) is 1.17. The molecule has 2 N–H and O–H groups in total. The molecule has 1 fully saturated rings. The molecule has 8 heteroatoms. The van der Waals surface area contributed by atoms with Crippen LogP contribution in [0.3, 0.4) is 0 Å². The van der Waals surface area contributed by atoms with Crippen LogP contribution >= 0.6 is 0 Å². The van der Waals surface area contributed by atoms with Gasteiger partial charge in [-0.3, -0.25) is 14.6 Å². The fraction of sp³-hybridized carbons (Fsp3) is 0.333. The van der Waals surface area contributed by atoms with Crippen molar-refractivity contribution in [2.75, 3.05) is 19.7 Å². The molecule has 1 aliphatic heterocycles. The van der Waals surface area contributed by atoms with Gasteiger partial charge in [0.15, 0.2) is 5.82 Å². The molecular formula is C18H20N6O2. The molecule has 0 radical (unpaired) electrons. The number of carbonyl (C=O) groups excluding carboxylic acids is 1. The summed E-state index contributed by atoms with van der Waals surface area (Å²) in [6.07, 6.45) is 5.22. The van der Waals surface area contributed by atoms with Crippen molar-refractivity contribution in [2.45, 2.75) is 5.92 Å². The zero-order valence-electron chi connectivity index (χ0n) is 14.4. The van der Waals surface area contributed by atoms with Crippen molar-refractivity contribution in [3.05, 3.63) is 54.1 Å². The number of nitrogens with one attached hydrogen (secondary N) is 1. The molecule has 0 saturated carbocycles. The Hall–Kier alpha value is -3.00. The Morgan fingerprint density at radius 1 is 1.31 bits per heavy atom. The largest absolute Gasteiger partial charge is 0.396 e. The van der Waals surface area contributed by atoms with E-state index in [-0.39, 0.29) is 24.3 Å². The first-order valence-corrected chi connectivity index (χ1v) is 8.50. The number of likely N-dealkylation sites (tertiary alicyclic amines) is 1. The lowest BCUT2D eigenvalue weighted by Gasteiger charge is -2.16. The average Bonchev–Trinajstić information content (AvgIpc) is 3.41. The molecular weight excluding hydrogens is 332 g/mol. The van der Waals surface area contributed by atoms with Crippen LogP contribution in [-0.2, 0) is 7.05 Å². The van der Waals surface area contributed by atoms with E-state index in [2.05, 4.69) is 20.3 Å². The van der Waals surface area contributed by atoms with Crippen molar-refractivity contribution in [3.63, 3.8) is 0 Å². The third-order valence-corrected chi connectivity index (χ3v) is 4.94. The SMILES string of the molecule is Cn1cc([C@@H]2CN(C(=O)c3ccc(-c4ncn[nH]4)cc3)C[C@H]2CO)cn1. The summed E-state index contributed by atoms with van der Waals surface area (Å²) in [7, 11) is 1.87. The number of nitrogens with zero attached hydrogens (tertiary/aromatic N) is 5. The molecule has 1 aliphatic rings. The van der Waals surface area contributed by atoms with Gasteiger partial charge in [0, 0.05) is 55.9 Å². The summed E-state index contributed by atoms with van der Waals surface area (Å²) < 4.78 is 1.75. The second-order valence-corrected chi connectivity index (χ2v) is 6.62. The lowest BCUT2D eigenvalue weighted by atomic mass is 9.92. The summed E-state index contributed by atoms with van der Waals surface area (Å²) in [5.41, 5.74) is 2.56. The van der Waals surface area contributed by atoms with Crippen molar-refractivity contribution in [2.24, 2.45) is 13.0 Å². The van der Waals surface area contributed by atoms with Crippen LogP contribution in [-0.4, -0.2) is 60.6 Å². The molecule has 3 heterocycles. The summed E-state index contributed by atoms with van der Waals surface area (Å²) in [6, 6.07) is 7.30. The fourth-order valence-corrected chi connectivity index (χ4v) is 3.53. The van der Waals surface area contributed by atoms with E-state index in [0.717, 1.165) is 11.1 Å². The van der Waals surface area contributed by atoms with Gasteiger partial charge in [0.1, 0.15) is 6.33 Å². The van der Waals surface area contributed by atoms with Crippen LogP contribution in [0.4, 0.5) is 0 Å². The molecule has 1 saturated heterocycles. The van der Waals surface area contributed by atoms with Crippen LogP contribution in [0.25, 0.3) is 11.4 Å². The summed E-state index contributed by atoms with van der Waals surface area (Å²) in [5.74, 6) is 0.767. The molecule has 0 unspecified atom stereocenters. The molecule has 4 rings (SSSR count). The van der Waals surface area contributed by atoms with E-state index in [1.807, 2.05) is 36.5 Å².